The Bertz CT molecular complexity index is 7470. The summed E-state index contributed by atoms with van der Waals surface area (Å²) in [4.78, 5) is 2.48. The second-order valence-corrected chi connectivity index (χ2v) is 28.6. The number of allylic oxidation sites excluding steroid dienone is 2. The van der Waals surface area contributed by atoms with Gasteiger partial charge in [-0.05, 0) is 197 Å². The molecule has 0 N–H and O–H groups in total. The summed E-state index contributed by atoms with van der Waals surface area (Å²) < 4.78 is 45.0. The lowest BCUT2D eigenvalue weighted by molar-refractivity contribution is 0.655. The zero-order chi connectivity index (χ0) is 68.0. The van der Waals surface area contributed by atoms with Crippen molar-refractivity contribution < 1.29 is 26.5 Å². The Labute approximate surface area is 595 Å². The smallest absolute Gasteiger partial charge is 0.139 e. The Balaban J connectivity index is 0.652. The molecule has 1 aliphatic carbocycles. The van der Waals surface area contributed by atoms with Crippen molar-refractivity contribution in [2.75, 3.05) is 4.90 Å². The van der Waals surface area contributed by atoms with Crippen molar-refractivity contribution >= 4 is 187 Å². The Kier molecular flexibility index (Phi) is 10.8. The number of hydrogen-bond acceptors (Lipinski definition) is 7. The molecule has 0 bridgehead atoms. The van der Waals surface area contributed by atoms with Gasteiger partial charge in [-0.2, -0.15) is 0 Å². The zero-order valence-electron chi connectivity index (χ0n) is 55.9. The molecular formula is C96H53N3O6. The Hall–Kier alpha value is -14.0. The molecule has 0 spiro atoms. The maximum Gasteiger partial charge on any atom is 0.139 e. The average molecular weight is 1340 g/mol. The molecule has 0 saturated heterocycles. The molecular weight excluding hydrogens is 1290 g/mol. The molecule has 0 radical (unpaired) electrons. The van der Waals surface area contributed by atoms with Crippen LogP contribution in [0.2, 0.25) is 0 Å². The van der Waals surface area contributed by atoms with E-state index in [2.05, 4.69) is 323 Å². The highest BCUT2D eigenvalue weighted by atomic mass is 16.4. The van der Waals surface area contributed by atoms with Crippen molar-refractivity contribution in [2.45, 2.75) is 12.0 Å². The number of hydrogen-bond donors (Lipinski definition) is 0. The number of anilines is 2. The van der Waals surface area contributed by atoms with E-state index >= 15 is 0 Å². The molecule has 0 amide bonds. The van der Waals surface area contributed by atoms with Crippen LogP contribution in [0.15, 0.2) is 336 Å². The normalized spacial score (nSPS) is 14.8. The van der Waals surface area contributed by atoms with E-state index in [1.54, 1.807) is 0 Å². The van der Waals surface area contributed by atoms with Gasteiger partial charge in [0.1, 0.15) is 67.0 Å². The number of para-hydroxylation sites is 5. The van der Waals surface area contributed by atoms with Gasteiger partial charge in [0, 0.05) is 133 Å². The summed E-state index contributed by atoms with van der Waals surface area (Å²) in [7, 11) is 0. The van der Waals surface area contributed by atoms with Gasteiger partial charge < -0.3 is 40.5 Å². The first kappa shape index (κ1) is 55.7. The Morgan fingerprint density at radius 3 is 0.905 bits per heavy atom. The molecule has 2 unspecified atom stereocenters. The van der Waals surface area contributed by atoms with Gasteiger partial charge in [0.2, 0.25) is 0 Å². The van der Waals surface area contributed by atoms with Gasteiger partial charge in [-0.1, -0.05) is 133 Å². The van der Waals surface area contributed by atoms with Crippen molar-refractivity contribution in [1.29, 1.82) is 0 Å². The molecule has 8 aromatic heterocycles. The van der Waals surface area contributed by atoms with Crippen LogP contribution in [0.5, 0.6) is 0 Å². The Morgan fingerprint density at radius 2 is 0.514 bits per heavy atom. The van der Waals surface area contributed by atoms with E-state index in [4.69, 9.17) is 26.5 Å². The summed E-state index contributed by atoms with van der Waals surface area (Å²) in [5, 5.41) is 17.2. The highest BCUT2D eigenvalue weighted by Crippen LogP contribution is 2.51. The van der Waals surface area contributed by atoms with Crippen LogP contribution in [0, 0.1) is 0 Å². The molecule has 15 aromatic carbocycles. The molecule has 9 heterocycles. The molecule has 2 aliphatic rings. The monoisotopic (exact) mass is 1340 g/mol. The summed E-state index contributed by atoms with van der Waals surface area (Å²) in [5.41, 5.74) is 26.3. The third kappa shape index (κ3) is 7.84. The molecule has 0 fully saturated rings. The van der Waals surface area contributed by atoms with E-state index in [0.717, 1.165) is 204 Å². The van der Waals surface area contributed by atoms with E-state index in [0.29, 0.717) is 0 Å². The third-order valence-corrected chi connectivity index (χ3v) is 23.0. The van der Waals surface area contributed by atoms with Gasteiger partial charge in [-0.3, -0.25) is 0 Å². The van der Waals surface area contributed by atoms with Crippen molar-refractivity contribution in [2.24, 2.45) is 0 Å². The number of furan rings is 6. The predicted molar refractivity (Wildman–Crippen MR) is 428 cm³/mol. The Morgan fingerprint density at radius 1 is 0.210 bits per heavy atom. The van der Waals surface area contributed by atoms with Crippen LogP contribution in [0.3, 0.4) is 0 Å². The standard InChI is InChI=1S/C96H53N3O6/c1-7-19-79-61(13-1)62-14-2-8-20-80(62)97(79)58-28-34-88-70(43-58)76-46-73-67-40-52(25-31-85(67)100-91(73)49-94(76)103-88)55-37-56(53-26-32-86-68(41-53)74-47-77-71-44-59(29-35-89(71)104-95(77)50-92(74)101-86)98-81-21-9-3-15-63(81)64-16-4-10-22-82(64)98)39-57(38-55)54-27-33-87-69(42-54)75-48-78-72-45-60(30-36-90(72)105-96(78)51-93(75)102-87)99-83-23-11-5-17-65(83)66-18-6-12-24-84(66)99/h1-51,61,79H. The van der Waals surface area contributed by atoms with E-state index in [-0.39, 0.29) is 12.0 Å². The number of aromatic nitrogens is 2. The first-order valence-electron chi connectivity index (χ1n) is 35.8. The van der Waals surface area contributed by atoms with Crippen molar-refractivity contribution in [3.05, 3.63) is 315 Å². The number of fused-ring (bicyclic) bond motifs is 27. The molecule has 0 saturated carbocycles. The minimum Gasteiger partial charge on any atom is -0.456 e. The van der Waals surface area contributed by atoms with Crippen LogP contribution < -0.4 is 4.90 Å². The highest BCUT2D eigenvalue weighted by Gasteiger charge is 2.37. The molecule has 9 nitrogen and oxygen atoms in total. The lowest BCUT2D eigenvalue weighted by Gasteiger charge is -2.28. The number of rotatable bonds is 6. The van der Waals surface area contributed by atoms with Crippen molar-refractivity contribution in [1.82, 2.24) is 9.13 Å². The first-order chi connectivity index (χ1) is 51.9. The summed E-state index contributed by atoms with van der Waals surface area (Å²) in [5.74, 6) is 0.281. The van der Waals surface area contributed by atoms with Crippen LogP contribution in [-0.4, -0.2) is 15.2 Å². The average Bonchev–Trinajstić information content (AvgIpc) is 1.59. The fraction of sp³-hybridized carbons (Fsp3) is 0.0208. The molecule has 105 heavy (non-hydrogen) atoms. The van der Waals surface area contributed by atoms with Crippen molar-refractivity contribution in [3.63, 3.8) is 0 Å². The van der Waals surface area contributed by atoms with E-state index in [1.807, 2.05) is 0 Å². The predicted octanol–water partition coefficient (Wildman–Crippen LogP) is 27.0. The van der Waals surface area contributed by atoms with Gasteiger partial charge in [-0.15, -0.1) is 0 Å². The van der Waals surface area contributed by atoms with Crippen LogP contribution in [0.1, 0.15) is 11.5 Å². The fourth-order valence-electron chi connectivity index (χ4n) is 18.2. The molecule has 488 valence electrons. The minimum atomic E-state index is 0.181. The van der Waals surface area contributed by atoms with Crippen molar-refractivity contribution in [3.8, 4) is 44.8 Å². The lowest BCUT2D eigenvalue weighted by atomic mass is 9.91. The summed E-state index contributed by atoms with van der Waals surface area (Å²) >= 11 is 0. The fourth-order valence-corrected chi connectivity index (χ4v) is 18.2. The first-order valence-corrected chi connectivity index (χ1v) is 35.8. The van der Waals surface area contributed by atoms with Crippen LogP contribution in [0.25, 0.3) is 220 Å². The van der Waals surface area contributed by atoms with E-state index in [1.165, 1.54) is 32.8 Å². The quantitative estimate of drug-likeness (QED) is 0.164. The summed E-state index contributed by atoms with van der Waals surface area (Å²) in [6.07, 6.45) is 9.00. The van der Waals surface area contributed by atoms with Crippen LogP contribution in [-0.2, 0) is 0 Å². The minimum absolute atomic E-state index is 0.181. The third-order valence-electron chi connectivity index (χ3n) is 23.0. The lowest BCUT2D eigenvalue weighted by Crippen LogP contribution is -2.28. The van der Waals surface area contributed by atoms with Gasteiger partial charge >= 0.3 is 0 Å². The van der Waals surface area contributed by atoms with Gasteiger partial charge in [0.25, 0.3) is 0 Å². The molecule has 2 atom stereocenters. The van der Waals surface area contributed by atoms with Gasteiger partial charge in [0.05, 0.1) is 28.1 Å². The van der Waals surface area contributed by atoms with Gasteiger partial charge in [-0.25, -0.2) is 0 Å². The molecule has 23 aromatic rings. The molecule has 9 heteroatoms. The molecule has 25 rings (SSSR count). The van der Waals surface area contributed by atoms with E-state index in [9.17, 15) is 0 Å². The second kappa shape index (κ2) is 20.4. The highest BCUT2D eigenvalue weighted by molar-refractivity contribution is 6.20. The zero-order valence-corrected chi connectivity index (χ0v) is 55.9. The number of benzene rings is 15. The maximum absolute atomic E-state index is 6.76. The van der Waals surface area contributed by atoms with Crippen LogP contribution >= 0.6 is 0 Å². The van der Waals surface area contributed by atoms with Crippen LogP contribution in [0.4, 0.5) is 11.4 Å². The molecule has 1 aliphatic heterocycles. The largest absolute Gasteiger partial charge is 0.456 e. The maximum atomic E-state index is 6.76. The topological polar surface area (TPSA) is 91.9 Å². The van der Waals surface area contributed by atoms with Gasteiger partial charge in [0.15, 0.2) is 0 Å². The second-order valence-electron chi connectivity index (χ2n) is 28.6. The summed E-state index contributed by atoms with van der Waals surface area (Å²) in [6.45, 7) is 0. The van der Waals surface area contributed by atoms with E-state index < -0.39 is 0 Å². The number of nitrogens with zero attached hydrogens (tertiary/aromatic N) is 3. The summed E-state index contributed by atoms with van der Waals surface area (Å²) in [6, 6.07) is 103. The SMILES string of the molecule is C1=CC2c3ccccc3N(c3ccc4oc5cc6oc7ccc(-c8cc(-c9ccc%10oc%11cc%12oc%13ccc(-n%14c%15ccccc%15c%15ccccc%15%14)cc%13c%12cc%11c%10c9)cc(-c9ccc%10oc%11cc%12oc%13ccc(-n%14c%15ccccc%15c%15ccccc%15%14)cc%13c%12cc%11c%10c9)c8)cc7c6cc5c4c3)C2C=C1.